The average molecular weight is 367 g/mol. The molecule has 0 bridgehead atoms. The third-order valence-electron chi connectivity index (χ3n) is 3.50. The first kappa shape index (κ1) is 28.5. The fourth-order valence-corrected chi connectivity index (χ4v) is 1.45. The molecule has 0 rings (SSSR count). The lowest BCUT2D eigenvalue weighted by atomic mass is 10.1. The van der Waals surface area contributed by atoms with Crippen molar-refractivity contribution < 1.29 is 30.0 Å². The molecule has 9 nitrogen and oxygen atoms in total. The number of rotatable bonds is 8. The Hall–Kier alpha value is -1.26. The van der Waals surface area contributed by atoms with E-state index in [1.165, 1.54) is 4.90 Å². The topological polar surface area (TPSA) is 142 Å². The van der Waals surface area contributed by atoms with Crippen molar-refractivity contribution in [1.29, 1.82) is 0 Å². The van der Waals surface area contributed by atoms with Crippen LogP contribution in [0, 0.1) is 5.92 Å². The van der Waals surface area contributed by atoms with Crippen LogP contribution in [0.3, 0.4) is 0 Å². The molecule has 6 N–H and O–H groups in total. The standard InChI is InChI=1S/C6H13NO2.C5H11NO3.C5H13NO/c1-4(2)5(7-3)6(8)9;1-6(2)4(3-7)5(8)9;1-4(6-3)5(2)7/h4-5,7H,1-3H3,(H,8,9);4,7H,3H2,1-2H3,(H,8,9);4-7H,1-3H3. The number of aliphatic hydroxyl groups is 2. The van der Waals surface area contributed by atoms with Gasteiger partial charge in [-0.2, -0.15) is 0 Å². The number of aliphatic carboxylic acids is 2. The summed E-state index contributed by atoms with van der Waals surface area (Å²) in [4.78, 5) is 21.9. The molecule has 152 valence electrons. The van der Waals surface area contributed by atoms with E-state index in [0.717, 1.165) is 0 Å². The Kier molecular flexibility index (Phi) is 18.5. The van der Waals surface area contributed by atoms with E-state index in [0.29, 0.717) is 0 Å². The minimum atomic E-state index is -0.998. The summed E-state index contributed by atoms with van der Waals surface area (Å²) in [6.45, 7) is 7.10. The maximum atomic E-state index is 10.3. The monoisotopic (exact) mass is 367 g/mol. The van der Waals surface area contributed by atoms with Crippen molar-refractivity contribution in [3.63, 3.8) is 0 Å². The Labute approximate surface area is 151 Å². The number of nitrogens with zero attached hydrogens (tertiary/aromatic N) is 1. The number of hydrogen-bond acceptors (Lipinski definition) is 7. The number of carboxylic acids is 2. The van der Waals surface area contributed by atoms with E-state index in [2.05, 4.69) is 10.6 Å². The van der Waals surface area contributed by atoms with Gasteiger partial charge >= 0.3 is 11.9 Å². The number of carboxylic acid groups (broad SMARTS) is 2. The lowest BCUT2D eigenvalue weighted by molar-refractivity contribution is -0.143. The van der Waals surface area contributed by atoms with Crippen molar-refractivity contribution in [3.8, 4) is 0 Å². The highest BCUT2D eigenvalue weighted by Crippen LogP contribution is 1.99. The van der Waals surface area contributed by atoms with Crippen molar-refractivity contribution in [2.75, 3.05) is 34.8 Å². The summed E-state index contributed by atoms with van der Waals surface area (Å²) in [5, 5.41) is 39.6. The van der Waals surface area contributed by atoms with Crippen LogP contribution < -0.4 is 10.6 Å². The first-order chi connectivity index (χ1) is 11.4. The van der Waals surface area contributed by atoms with Crippen LogP contribution in [0.15, 0.2) is 0 Å². The van der Waals surface area contributed by atoms with E-state index in [4.69, 9.17) is 20.4 Å². The normalized spacial score (nSPS) is 15.2. The number of hydrogen-bond donors (Lipinski definition) is 6. The summed E-state index contributed by atoms with van der Waals surface area (Å²) in [6.07, 6.45) is -0.245. The van der Waals surface area contributed by atoms with E-state index in [1.807, 2.05) is 27.8 Å². The van der Waals surface area contributed by atoms with Crippen LogP contribution >= 0.6 is 0 Å². The van der Waals surface area contributed by atoms with Crippen LogP contribution in [0.25, 0.3) is 0 Å². The molecule has 0 aromatic carbocycles. The zero-order chi connectivity index (χ0) is 20.7. The van der Waals surface area contributed by atoms with Gasteiger partial charge in [-0.1, -0.05) is 13.8 Å². The van der Waals surface area contributed by atoms with E-state index in [1.54, 1.807) is 28.1 Å². The third kappa shape index (κ3) is 16.0. The van der Waals surface area contributed by atoms with Crippen molar-refractivity contribution in [1.82, 2.24) is 15.5 Å². The second-order valence-electron chi connectivity index (χ2n) is 6.17. The lowest BCUT2D eigenvalue weighted by Gasteiger charge is -2.16. The minimum absolute atomic E-state index is 0.146. The first-order valence-corrected chi connectivity index (χ1v) is 8.12. The van der Waals surface area contributed by atoms with Gasteiger partial charge in [-0.3, -0.25) is 14.5 Å². The van der Waals surface area contributed by atoms with Gasteiger partial charge in [0.2, 0.25) is 0 Å². The van der Waals surface area contributed by atoms with Crippen LogP contribution in [0.1, 0.15) is 27.7 Å². The Morgan fingerprint density at radius 3 is 1.40 bits per heavy atom. The lowest BCUT2D eigenvalue weighted by Crippen LogP contribution is -2.38. The molecule has 0 fully saturated rings. The molecule has 9 heteroatoms. The van der Waals surface area contributed by atoms with Gasteiger partial charge < -0.3 is 31.1 Å². The SMILES string of the molecule is CN(C)C(CO)C(=O)O.CNC(C(=O)O)C(C)C.CNC(C)C(C)O. The number of nitrogens with one attached hydrogen (secondary N) is 2. The van der Waals surface area contributed by atoms with Gasteiger partial charge in [0.15, 0.2) is 0 Å². The molecule has 0 aromatic heterocycles. The van der Waals surface area contributed by atoms with Gasteiger partial charge in [0, 0.05) is 6.04 Å². The molecule has 4 unspecified atom stereocenters. The summed E-state index contributed by atoms with van der Waals surface area (Å²) in [6, 6.07) is -0.977. The molecule has 25 heavy (non-hydrogen) atoms. The summed E-state index contributed by atoms with van der Waals surface area (Å²) < 4.78 is 0. The van der Waals surface area contributed by atoms with E-state index in [9.17, 15) is 9.59 Å². The highest BCUT2D eigenvalue weighted by atomic mass is 16.4. The van der Waals surface area contributed by atoms with E-state index < -0.39 is 24.0 Å². The number of carbonyl (C=O) groups is 2. The Balaban J connectivity index is -0.000000293. The van der Waals surface area contributed by atoms with Gasteiger partial charge in [-0.05, 0) is 48.0 Å². The molecule has 0 spiro atoms. The van der Waals surface area contributed by atoms with Crippen LogP contribution in [-0.4, -0.2) is 96.3 Å². The fourth-order valence-electron chi connectivity index (χ4n) is 1.45. The Morgan fingerprint density at radius 2 is 1.40 bits per heavy atom. The maximum absolute atomic E-state index is 10.3. The number of likely N-dealkylation sites (N-methyl/N-ethyl adjacent to an activating group) is 3. The highest BCUT2D eigenvalue weighted by Gasteiger charge is 2.18. The van der Waals surface area contributed by atoms with Crippen LogP contribution in [0.2, 0.25) is 0 Å². The fraction of sp³-hybridized carbons (Fsp3) is 0.875. The van der Waals surface area contributed by atoms with Crippen LogP contribution in [0.4, 0.5) is 0 Å². The second-order valence-corrected chi connectivity index (χ2v) is 6.17. The molecule has 0 radical (unpaired) electrons. The van der Waals surface area contributed by atoms with Gasteiger partial charge in [0.1, 0.15) is 12.1 Å². The quantitative estimate of drug-likeness (QED) is 0.328. The summed E-state index contributed by atoms with van der Waals surface area (Å²) in [7, 11) is 6.69. The predicted octanol–water partition coefficient (Wildman–Crippen LogP) is -0.716. The third-order valence-corrected chi connectivity index (χ3v) is 3.50. The van der Waals surface area contributed by atoms with Gasteiger partial charge in [-0.25, -0.2) is 0 Å². The molecule has 0 saturated heterocycles. The smallest absolute Gasteiger partial charge is 0.323 e. The molecule has 0 aliphatic heterocycles. The number of aliphatic hydroxyl groups excluding tert-OH is 2. The molecule has 0 amide bonds. The van der Waals surface area contributed by atoms with Crippen molar-refractivity contribution >= 4 is 11.9 Å². The van der Waals surface area contributed by atoms with Crippen LogP contribution in [-0.2, 0) is 9.59 Å². The Bertz CT molecular complexity index is 325. The van der Waals surface area contributed by atoms with Crippen molar-refractivity contribution in [3.05, 3.63) is 0 Å². The largest absolute Gasteiger partial charge is 0.480 e. The molecular formula is C16H37N3O6. The maximum Gasteiger partial charge on any atom is 0.323 e. The molecule has 0 saturated carbocycles. The highest BCUT2D eigenvalue weighted by molar-refractivity contribution is 5.73. The van der Waals surface area contributed by atoms with Crippen molar-refractivity contribution in [2.45, 2.75) is 51.9 Å². The Morgan fingerprint density at radius 1 is 0.960 bits per heavy atom. The van der Waals surface area contributed by atoms with Crippen molar-refractivity contribution in [2.24, 2.45) is 5.92 Å². The summed E-state index contributed by atoms with van der Waals surface area (Å²) in [5.41, 5.74) is 0. The zero-order valence-corrected chi connectivity index (χ0v) is 16.6. The van der Waals surface area contributed by atoms with Gasteiger partial charge in [0.05, 0.1) is 12.7 Å². The summed E-state index contributed by atoms with van der Waals surface area (Å²) >= 11 is 0. The van der Waals surface area contributed by atoms with E-state index >= 15 is 0 Å². The van der Waals surface area contributed by atoms with Gasteiger partial charge in [-0.15, -0.1) is 0 Å². The predicted molar refractivity (Wildman–Crippen MR) is 97.7 cm³/mol. The molecular weight excluding hydrogens is 330 g/mol. The molecule has 0 heterocycles. The zero-order valence-electron chi connectivity index (χ0n) is 16.6. The molecule has 0 aliphatic rings. The molecule has 0 aromatic rings. The van der Waals surface area contributed by atoms with Gasteiger partial charge in [0.25, 0.3) is 0 Å². The molecule has 4 atom stereocenters. The second kappa shape index (κ2) is 16.2. The van der Waals surface area contributed by atoms with Crippen LogP contribution in [0.5, 0.6) is 0 Å². The minimum Gasteiger partial charge on any atom is -0.480 e. The average Bonchev–Trinajstić information content (AvgIpc) is 2.47. The van der Waals surface area contributed by atoms with E-state index in [-0.39, 0.29) is 24.7 Å². The summed E-state index contributed by atoms with van der Waals surface area (Å²) in [5.74, 6) is -1.64. The molecule has 0 aliphatic carbocycles. The first-order valence-electron chi connectivity index (χ1n) is 8.12.